The number of rotatable bonds is 6. The Bertz CT molecular complexity index is 1220. The average Bonchev–Trinajstić information content (AvgIpc) is 3.01. The first kappa shape index (κ1) is 22.5. The van der Waals surface area contributed by atoms with Gasteiger partial charge in [0, 0.05) is 15.4 Å². The predicted octanol–water partition coefficient (Wildman–Crippen LogP) is 4.43. The van der Waals surface area contributed by atoms with Crippen LogP contribution in [0.15, 0.2) is 52.3 Å². The van der Waals surface area contributed by atoms with Gasteiger partial charge in [-0.1, -0.05) is 40.2 Å². The fourth-order valence-electron chi connectivity index (χ4n) is 2.75. The topological polar surface area (TPSA) is 124 Å². The van der Waals surface area contributed by atoms with Gasteiger partial charge in [0.1, 0.15) is 0 Å². The second-order valence-electron chi connectivity index (χ2n) is 6.29. The van der Waals surface area contributed by atoms with Gasteiger partial charge in [0.25, 0.3) is 0 Å². The van der Waals surface area contributed by atoms with Crippen molar-refractivity contribution in [3.63, 3.8) is 0 Å². The number of nitrogens with one attached hydrogen (secondary N) is 1. The van der Waals surface area contributed by atoms with Crippen LogP contribution in [-0.2, 0) is 16.8 Å². The van der Waals surface area contributed by atoms with Crippen molar-refractivity contribution in [1.29, 1.82) is 5.41 Å². The molecule has 3 rings (SSSR count). The Balaban J connectivity index is 1.96. The Morgan fingerprint density at radius 1 is 1.20 bits per heavy atom. The SMILES string of the molecule is N=c1scc(-c2ccc(C(=O)O)cc2)n1Cc1ccc(C(F)(F)P(=O)(O)O)c(Br)c1. The normalized spacial score (nSPS) is 12.2. The van der Waals surface area contributed by atoms with Gasteiger partial charge in [-0.3, -0.25) is 9.97 Å². The van der Waals surface area contributed by atoms with Gasteiger partial charge in [0.05, 0.1) is 17.8 Å². The third-order valence-electron chi connectivity index (χ3n) is 4.31. The first-order valence-corrected chi connectivity index (χ1v) is 11.5. The lowest BCUT2D eigenvalue weighted by Gasteiger charge is -2.20. The molecule has 0 unspecified atom stereocenters. The lowest BCUT2D eigenvalue weighted by atomic mass is 10.1. The first-order valence-electron chi connectivity index (χ1n) is 8.21. The van der Waals surface area contributed by atoms with Crippen LogP contribution in [0, 0.1) is 5.41 Å². The van der Waals surface area contributed by atoms with E-state index in [2.05, 4.69) is 15.9 Å². The van der Waals surface area contributed by atoms with Crippen molar-refractivity contribution in [3.8, 4) is 11.3 Å². The van der Waals surface area contributed by atoms with Crippen molar-refractivity contribution in [2.75, 3.05) is 0 Å². The smallest absolute Gasteiger partial charge is 0.399 e. The largest absolute Gasteiger partial charge is 0.478 e. The number of hydrogen-bond donors (Lipinski definition) is 4. The number of carbonyl (C=O) groups is 1. The molecule has 1 heterocycles. The summed E-state index contributed by atoms with van der Waals surface area (Å²) in [5.74, 6) is -1.06. The molecular weight excluding hydrogens is 505 g/mol. The molecule has 12 heteroatoms. The molecule has 0 bridgehead atoms. The number of halogens is 3. The van der Waals surface area contributed by atoms with E-state index >= 15 is 0 Å². The van der Waals surface area contributed by atoms with Crippen LogP contribution in [-0.4, -0.2) is 25.4 Å². The van der Waals surface area contributed by atoms with Gasteiger partial charge in [0.15, 0.2) is 4.80 Å². The summed E-state index contributed by atoms with van der Waals surface area (Å²) >= 11 is 4.10. The van der Waals surface area contributed by atoms with Crippen molar-refractivity contribution in [3.05, 3.63) is 73.8 Å². The van der Waals surface area contributed by atoms with Crippen molar-refractivity contribution in [2.45, 2.75) is 12.2 Å². The molecule has 30 heavy (non-hydrogen) atoms. The molecule has 0 radical (unpaired) electrons. The summed E-state index contributed by atoms with van der Waals surface area (Å²) in [5, 5.41) is 18.9. The molecule has 0 aliphatic carbocycles. The van der Waals surface area contributed by atoms with Crippen LogP contribution in [0.3, 0.4) is 0 Å². The number of thiazole rings is 1. The van der Waals surface area contributed by atoms with E-state index in [1.54, 1.807) is 22.1 Å². The minimum Gasteiger partial charge on any atom is -0.478 e. The monoisotopic (exact) mass is 518 g/mol. The maximum Gasteiger partial charge on any atom is 0.399 e. The van der Waals surface area contributed by atoms with Gasteiger partial charge in [-0.05, 0) is 29.3 Å². The van der Waals surface area contributed by atoms with E-state index < -0.39 is 24.8 Å². The molecule has 0 fully saturated rings. The number of nitrogens with zero attached hydrogens (tertiary/aromatic N) is 1. The van der Waals surface area contributed by atoms with Gasteiger partial charge in [-0.25, -0.2) is 4.79 Å². The van der Waals surface area contributed by atoms with Gasteiger partial charge >= 0.3 is 19.2 Å². The molecule has 0 saturated heterocycles. The molecule has 0 aliphatic rings. The van der Waals surface area contributed by atoms with Crippen LogP contribution in [0.4, 0.5) is 8.78 Å². The lowest BCUT2D eigenvalue weighted by molar-refractivity contribution is 0.0557. The molecule has 0 aliphatic heterocycles. The van der Waals surface area contributed by atoms with Gasteiger partial charge < -0.3 is 19.5 Å². The van der Waals surface area contributed by atoms with E-state index in [9.17, 15) is 18.1 Å². The zero-order valence-corrected chi connectivity index (χ0v) is 18.2. The third-order valence-corrected chi connectivity index (χ3v) is 6.72. The highest BCUT2D eigenvalue weighted by Crippen LogP contribution is 2.60. The first-order chi connectivity index (χ1) is 13.9. The second-order valence-corrected chi connectivity index (χ2v) is 9.66. The maximum absolute atomic E-state index is 14.0. The molecule has 3 aromatic rings. The molecule has 158 valence electrons. The minimum atomic E-state index is -5.69. The predicted molar refractivity (Wildman–Crippen MR) is 110 cm³/mol. The summed E-state index contributed by atoms with van der Waals surface area (Å²) in [5.41, 5.74) is -3.20. The molecule has 7 nitrogen and oxygen atoms in total. The number of carboxylic acid groups (broad SMARTS) is 1. The fourth-order valence-corrected chi connectivity index (χ4v) is 4.87. The summed E-state index contributed by atoms with van der Waals surface area (Å²) in [6, 6.07) is 9.68. The molecular formula is C18H14BrF2N2O5PS. The van der Waals surface area contributed by atoms with Crippen LogP contribution in [0.1, 0.15) is 21.5 Å². The number of carboxylic acids is 1. The van der Waals surface area contributed by atoms with Crippen LogP contribution in [0.5, 0.6) is 0 Å². The molecule has 1 aromatic heterocycles. The number of alkyl halides is 2. The summed E-state index contributed by atoms with van der Waals surface area (Å²) < 4.78 is 40.6. The quantitative estimate of drug-likeness (QED) is 0.359. The second kappa shape index (κ2) is 8.16. The maximum atomic E-state index is 14.0. The number of hydrogen-bond acceptors (Lipinski definition) is 4. The van der Waals surface area contributed by atoms with E-state index in [1.165, 1.54) is 24.3 Å². The molecule has 0 spiro atoms. The Labute approximate surface area is 181 Å². The van der Waals surface area contributed by atoms with Gasteiger partial charge in [-0.15, -0.1) is 11.3 Å². The average molecular weight is 519 g/mol. The van der Waals surface area contributed by atoms with E-state index in [-0.39, 0.29) is 21.4 Å². The highest BCUT2D eigenvalue weighted by molar-refractivity contribution is 9.10. The molecule has 0 amide bonds. The van der Waals surface area contributed by atoms with Crippen LogP contribution in [0.25, 0.3) is 11.3 Å². The van der Waals surface area contributed by atoms with Crippen LogP contribution < -0.4 is 4.80 Å². The van der Waals surface area contributed by atoms with E-state index in [0.717, 1.165) is 17.4 Å². The highest BCUT2D eigenvalue weighted by Gasteiger charge is 2.51. The zero-order chi connectivity index (χ0) is 22.3. The van der Waals surface area contributed by atoms with Crippen LogP contribution >= 0.6 is 34.9 Å². The number of aromatic nitrogens is 1. The minimum absolute atomic E-state index is 0.122. The number of aromatic carboxylic acids is 1. The van der Waals surface area contributed by atoms with Gasteiger partial charge in [-0.2, -0.15) is 8.78 Å². The Kier molecular flexibility index (Phi) is 6.13. The van der Waals surface area contributed by atoms with Gasteiger partial charge in [0.2, 0.25) is 0 Å². The van der Waals surface area contributed by atoms with Crippen molar-refractivity contribution >= 4 is 40.8 Å². The highest BCUT2D eigenvalue weighted by atomic mass is 79.9. The summed E-state index contributed by atoms with van der Waals surface area (Å²) in [6.07, 6.45) is 0. The van der Waals surface area contributed by atoms with E-state index in [4.69, 9.17) is 20.3 Å². The lowest BCUT2D eigenvalue weighted by Crippen LogP contribution is -2.17. The van der Waals surface area contributed by atoms with Crippen molar-refractivity contribution in [2.24, 2.45) is 0 Å². The standard InChI is InChI=1S/C18H14BrF2N2O5PS/c19-14-7-10(1-6-13(14)18(20,21)29(26,27)28)8-23-15(9-30-17(23)22)11-2-4-12(5-3-11)16(24)25/h1-7,9,22H,8H2,(H,24,25)(H2,26,27,28). The molecule has 0 saturated carbocycles. The summed E-state index contributed by atoms with van der Waals surface area (Å²) in [6.45, 7) is 0.138. The van der Waals surface area contributed by atoms with Crippen molar-refractivity contribution in [1.82, 2.24) is 4.57 Å². The molecule has 4 N–H and O–H groups in total. The summed E-state index contributed by atoms with van der Waals surface area (Å²) in [4.78, 5) is 29.1. The van der Waals surface area contributed by atoms with Crippen LogP contribution in [0.2, 0.25) is 0 Å². The third kappa shape index (κ3) is 4.30. The van der Waals surface area contributed by atoms with E-state index in [1.807, 2.05) is 0 Å². The van der Waals surface area contributed by atoms with Crippen molar-refractivity contribution < 1.29 is 33.0 Å². The Morgan fingerprint density at radius 3 is 2.37 bits per heavy atom. The molecule has 0 atom stereocenters. The summed E-state index contributed by atoms with van der Waals surface area (Å²) in [7, 11) is -5.69. The zero-order valence-electron chi connectivity index (χ0n) is 14.9. The fraction of sp³-hybridized carbons (Fsp3) is 0.111. The Morgan fingerprint density at radius 2 is 1.83 bits per heavy atom. The number of benzene rings is 2. The Hall–Kier alpha value is -2.17. The van der Waals surface area contributed by atoms with E-state index in [0.29, 0.717) is 16.8 Å². The molecule has 2 aromatic carbocycles.